The van der Waals surface area contributed by atoms with Crippen LogP contribution in [0.5, 0.6) is 0 Å². The van der Waals surface area contributed by atoms with Gasteiger partial charge in [-0.3, -0.25) is 19.8 Å². The number of imide groups is 1. The molecule has 1 saturated carbocycles. The quantitative estimate of drug-likeness (QED) is 0.499. The molecule has 2 aliphatic rings. The minimum absolute atomic E-state index is 0.122. The van der Waals surface area contributed by atoms with Crippen LogP contribution in [0.1, 0.15) is 49.1 Å². The third-order valence-corrected chi connectivity index (χ3v) is 6.43. The van der Waals surface area contributed by atoms with Gasteiger partial charge in [0.05, 0.1) is 11.3 Å². The van der Waals surface area contributed by atoms with Gasteiger partial charge >= 0.3 is 6.03 Å². The fourth-order valence-electron chi connectivity index (χ4n) is 4.43. The Morgan fingerprint density at radius 2 is 1.65 bits per heavy atom. The van der Waals surface area contributed by atoms with Crippen molar-refractivity contribution in [2.24, 2.45) is 5.73 Å². The highest BCUT2D eigenvalue weighted by Gasteiger charge is 2.41. The Morgan fingerprint density at radius 3 is 2.32 bits per heavy atom. The van der Waals surface area contributed by atoms with Crippen molar-refractivity contribution in [1.29, 1.82) is 0 Å². The average Bonchev–Trinajstić information content (AvgIpc) is 3.03. The lowest BCUT2D eigenvalue weighted by atomic mass is 9.83. The van der Waals surface area contributed by atoms with Gasteiger partial charge in [0, 0.05) is 15.6 Å². The molecule has 1 saturated heterocycles. The van der Waals surface area contributed by atoms with E-state index in [1.807, 2.05) is 0 Å². The van der Waals surface area contributed by atoms with Crippen LogP contribution in [0.4, 0.5) is 10.5 Å². The predicted molar refractivity (Wildman–Crippen MR) is 121 cm³/mol. The number of halogens is 2. The van der Waals surface area contributed by atoms with Crippen molar-refractivity contribution in [2.45, 2.75) is 38.0 Å². The second kappa shape index (κ2) is 8.73. The van der Waals surface area contributed by atoms with Crippen LogP contribution >= 0.6 is 23.2 Å². The number of carbonyl (C=O) groups excluding carboxylic acids is 3. The zero-order valence-corrected chi connectivity index (χ0v) is 18.2. The number of nitrogens with two attached hydrogens (primary N) is 1. The van der Waals surface area contributed by atoms with Crippen LogP contribution < -0.4 is 16.0 Å². The minimum Gasteiger partial charge on any atom is -0.366 e. The summed E-state index contributed by atoms with van der Waals surface area (Å²) in [5.74, 6) is -1.42. The first-order valence-electron chi connectivity index (χ1n) is 10.1. The number of hydrogen-bond donors (Lipinski definition) is 2. The number of primary amides is 1. The first kappa shape index (κ1) is 21.4. The summed E-state index contributed by atoms with van der Waals surface area (Å²) >= 11 is 12.9. The zero-order chi connectivity index (χ0) is 22.1. The van der Waals surface area contributed by atoms with Gasteiger partial charge in [0.15, 0.2) is 0 Å². The number of benzene rings is 2. The van der Waals surface area contributed by atoms with Crippen molar-refractivity contribution in [3.05, 3.63) is 69.3 Å². The molecule has 1 heterocycles. The molecular formula is C23H21Cl2N3O3. The molecule has 6 nitrogen and oxygen atoms in total. The van der Waals surface area contributed by atoms with Gasteiger partial charge in [0.2, 0.25) is 0 Å². The summed E-state index contributed by atoms with van der Waals surface area (Å²) in [6.07, 6.45) is 5.16. The number of amides is 4. The van der Waals surface area contributed by atoms with Gasteiger partial charge in [-0.25, -0.2) is 4.79 Å². The number of nitrogens with zero attached hydrogens (tertiary/aromatic N) is 1. The molecule has 2 aromatic rings. The maximum Gasteiger partial charge on any atom is 0.333 e. The van der Waals surface area contributed by atoms with Gasteiger partial charge < -0.3 is 5.73 Å². The van der Waals surface area contributed by atoms with E-state index in [1.54, 1.807) is 42.5 Å². The van der Waals surface area contributed by atoms with E-state index in [9.17, 15) is 14.4 Å². The standard InChI is InChI=1S/C23H21Cl2N3O3/c24-15-10-5-4-9-14(15)19(21(26)29)20-22(30)27-23(31)28(20)17-12-6-11-16(25)18(17)13-7-2-1-3-8-13/h4-6,9-13H,1-3,7-8H2,(H2,26,29)(H,27,30,31)/b20-19-. The first-order chi connectivity index (χ1) is 14.9. The van der Waals surface area contributed by atoms with Crippen molar-refractivity contribution >= 4 is 52.3 Å². The second-order valence-electron chi connectivity index (χ2n) is 7.67. The van der Waals surface area contributed by atoms with Crippen LogP contribution in [0.3, 0.4) is 0 Å². The largest absolute Gasteiger partial charge is 0.366 e. The van der Waals surface area contributed by atoms with E-state index >= 15 is 0 Å². The van der Waals surface area contributed by atoms with Crippen LogP contribution in [-0.2, 0) is 9.59 Å². The molecule has 160 valence electrons. The van der Waals surface area contributed by atoms with E-state index in [2.05, 4.69) is 5.32 Å². The Hall–Kier alpha value is -2.83. The number of nitrogens with one attached hydrogen (secondary N) is 1. The van der Waals surface area contributed by atoms with Crippen molar-refractivity contribution in [2.75, 3.05) is 4.90 Å². The van der Waals surface area contributed by atoms with Gasteiger partial charge in [0.1, 0.15) is 5.70 Å². The van der Waals surface area contributed by atoms with Gasteiger partial charge in [-0.15, -0.1) is 0 Å². The number of anilines is 1. The molecule has 31 heavy (non-hydrogen) atoms. The lowest BCUT2D eigenvalue weighted by molar-refractivity contribution is -0.116. The van der Waals surface area contributed by atoms with E-state index in [1.165, 1.54) is 4.90 Å². The Labute approximate surface area is 190 Å². The molecule has 0 spiro atoms. The Bertz CT molecular complexity index is 1110. The molecule has 3 N–H and O–H groups in total. The Morgan fingerprint density at radius 1 is 0.968 bits per heavy atom. The second-order valence-corrected chi connectivity index (χ2v) is 8.48. The van der Waals surface area contributed by atoms with E-state index < -0.39 is 17.8 Å². The number of urea groups is 1. The molecular weight excluding hydrogens is 437 g/mol. The molecule has 2 aromatic carbocycles. The predicted octanol–water partition coefficient (Wildman–Crippen LogP) is 4.99. The summed E-state index contributed by atoms with van der Waals surface area (Å²) in [5, 5.41) is 3.05. The fourth-order valence-corrected chi connectivity index (χ4v) is 4.98. The van der Waals surface area contributed by atoms with Crippen LogP contribution in [0.25, 0.3) is 5.57 Å². The van der Waals surface area contributed by atoms with E-state index in [0.29, 0.717) is 10.7 Å². The Kier molecular flexibility index (Phi) is 6.03. The molecule has 0 atom stereocenters. The maximum atomic E-state index is 12.9. The first-order valence-corrected chi connectivity index (χ1v) is 10.9. The van der Waals surface area contributed by atoms with Crippen molar-refractivity contribution < 1.29 is 14.4 Å². The van der Waals surface area contributed by atoms with Crippen molar-refractivity contribution in [3.8, 4) is 0 Å². The lowest BCUT2D eigenvalue weighted by Gasteiger charge is -2.28. The van der Waals surface area contributed by atoms with Gasteiger partial charge in [-0.05, 0) is 42.5 Å². The minimum atomic E-state index is -0.862. The fraction of sp³-hybridized carbons (Fsp3) is 0.261. The summed E-state index contributed by atoms with van der Waals surface area (Å²) in [6, 6.07) is 11.1. The summed E-state index contributed by atoms with van der Waals surface area (Å²) in [4.78, 5) is 39.5. The molecule has 0 unspecified atom stereocenters. The van der Waals surface area contributed by atoms with E-state index in [-0.39, 0.29) is 27.8 Å². The number of carbonyl (C=O) groups is 3. The molecule has 1 aliphatic carbocycles. The smallest absolute Gasteiger partial charge is 0.333 e. The lowest BCUT2D eigenvalue weighted by Crippen LogP contribution is -2.30. The SMILES string of the molecule is NC(=O)/C(=C1/C(=O)NC(=O)N1c1cccc(Cl)c1C1CCCCC1)c1ccccc1Cl. The monoisotopic (exact) mass is 457 g/mol. The molecule has 8 heteroatoms. The summed E-state index contributed by atoms with van der Waals surface area (Å²) in [5.41, 5.74) is 6.96. The summed E-state index contributed by atoms with van der Waals surface area (Å²) in [6.45, 7) is 0. The molecule has 0 bridgehead atoms. The number of hydrogen-bond acceptors (Lipinski definition) is 3. The van der Waals surface area contributed by atoms with E-state index in [0.717, 1.165) is 37.7 Å². The summed E-state index contributed by atoms with van der Waals surface area (Å²) in [7, 11) is 0. The normalized spacial score (nSPS) is 18.8. The van der Waals surface area contributed by atoms with Crippen molar-refractivity contribution in [3.63, 3.8) is 0 Å². The third-order valence-electron chi connectivity index (χ3n) is 5.77. The molecule has 1 aliphatic heterocycles. The van der Waals surface area contributed by atoms with Crippen LogP contribution in [0.2, 0.25) is 10.0 Å². The molecule has 0 radical (unpaired) electrons. The zero-order valence-electron chi connectivity index (χ0n) is 16.7. The average molecular weight is 458 g/mol. The van der Waals surface area contributed by atoms with Gasteiger partial charge in [-0.1, -0.05) is 66.7 Å². The molecule has 4 amide bonds. The highest BCUT2D eigenvalue weighted by Crippen LogP contribution is 2.44. The molecule has 4 rings (SSSR count). The van der Waals surface area contributed by atoms with Crippen LogP contribution in [-0.4, -0.2) is 17.8 Å². The van der Waals surface area contributed by atoms with Gasteiger partial charge in [-0.2, -0.15) is 0 Å². The molecule has 2 fully saturated rings. The van der Waals surface area contributed by atoms with Crippen molar-refractivity contribution in [1.82, 2.24) is 5.32 Å². The highest BCUT2D eigenvalue weighted by molar-refractivity contribution is 6.38. The molecule has 0 aromatic heterocycles. The third kappa shape index (κ3) is 3.93. The number of rotatable bonds is 4. The van der Waals surface area contributed by atoms with Crippen LogP contribution in [0.15, 0.2) is 48.2 Å². The van der Waals surface area contributed by atoms with E-state index in [4.69, 9.17) is 28.9 Å². The highest BCUT2D eigenvalue weighted by atomic mass is 35.5. The Balaban J connectivity index is 1.96. The van der Waals surface area contributed by atoms with Crippen LogP contribution in [0, 0.1) is 0 Å². The maximum absolute atomic E-state index is 12.9. The summed E-state index contributed by atoms with van der Waals surface area (Å²) < 4.78 is 0. The topological polar surface area (TPSA) is 92.5 Å². The van der Waals surface area contributed by atoms with Gasteiger partial charge in [0.25, 0.3) is 11.8 Å².